The average Bonchev–Trinajstić information content (AvgIpc) is 2.82. The molecule has 0 saturated heterocycles. The number of benzene rings is 1. The number of para-hydroxylation sites is 1. The molecule has 0 fully saturated rings. The zero-order valence-electron chi connectivity index (χ0n) is 8.41. The van der Waals surface area contributed by atoms with Crippen molar-refractivity contribution in [3.8, 4) is 5.00 Å². The molecule has 0 bridgehead atoms. The summed E-state index contributed by atoms with van der Waals surface area (Å²) in [4.78, 5) is 14.5. The van der Waals surface area contributed by atoms with E-state index in [0.717, 1.165) is 3.79 Å². The van der Waals surface area contributed by atoms with E-state index in [0.29, 0.717) is 10.5 Å². The lowest BCUT2D eigenvalue weighted by Gasteiger charge is -1.99. The first-order chi connectivity index (χ1) is 8.16. The molecule has 3 nitrogen and oxygen atoms in total. The number of nitrogens with one attached hydrogen (secondary N) is 1. The number of thiophene rings is 1. The van der Waals surface area contributed by atoms with Gasteiger partial charge in [-0.25, -0.2) is 13.8 Å². The normalized spacial score (nSPS) is 11.2. The maximum atomic E-state index is 13.8. The number of aromatic nitrogens is 2. The summed E-state index contributed by atoms with van der Waals surface area (Å²) in [5.74, 6) is -0.412. The third-order valence-corrected chi connectivity index (χ3v) is 4.04. The Bertz CT molecular complexity index is 758. The van der Waals surface area contributed by atoms with Crippen molar-refractivity contribution in [2.45, 2.75) is 0 Å². The van der Waals surface area contributed by atoms with Crippen molar-refractivity contribution < 1.29 is 4.39 Å². The number of H-pyrrole nitrogens is 1. The Morgan fingerprint density at radius 2 is 2.12 bits per heavy atom. The number of nitrogens with zero attached hydrogens (tertiary/aromatic N) is 1. The van der Waals surface area contributed by atoms with Gasteiger partial charge in [0.1, 0.15) is 16.3 Å². The molecule has 3 rings (SSSR count). The van der Waals surface area contributed by atoms with Crippen LogP contribution in [0.15, 0.2) is 38.9 Å². The summed E-state index contributed by atoms with van der Waals surface area (Å²) in [5, 5.41) is 0.679. The Hall–Kier alpha value is -1.40. The highest BCUT2D eigenvalue weighted by molar-refractivity contribution is 9.11. The van der Waals surface area contributed by atoms with Crippen molar-refractivity contribution in [2.24, 2.45) is 0 Å². The number of hydrogen-bond acceptors (Lipinski definition) is 2. The van der Waals surface area contributed by atoms with Gasteiger partial charge in [0, 0.05) is 0 Å². The molecule has 6 heteroatoms. The molecule has 17 heavy (non-hydrogen) atoms. The number of rotatable bonds is 1. The first-order valence-electron chi connectivity index (χ1n) is 4.82. The molecule has 2 heterocycles. The second-order valence-electron chi connectivity index (χ2n) is 3.48. The van der Waals surface area contributed by atoms with Gasteiger partial charge in [-0.3, -0.25) is 0 Å². The lowest BCUT2D eigenvalue weighted by molar-refractivity contribution is 0.634. The minimum Gasteiger partial charge on any atom is -0.305 e. The highest BCUT2D eigenvalue weighted by atomic mass is 79.9. The summed E-state index contributed by atoms with van der Waals surface area (Å²) in [5.41, 5.74) is 0.450. The molecule has 0 spiro atoms. The van der Waals surface area contributed by atoms with E-state index < -0.39 is 5.82 Å². The van der Waals surface area contributed by atoms with Crippen LogP contribution < -0.4 is 5.69 Å². The lowest BCUT2D eigenvalue weighted by atomic mass is 10.3. The summed E-state index contributed by atoms with van der Waals surface area (Å²) in [6.07, 6.45) is 0. The zero-order valence-corrected chi connectivity index (χ0v) is 10.8. The molecule has 0 saturated carbocycles. The average molecular weight is 313 g/mol. The zero-order chi connectivity index (χ0) is 12.0. The van der Waals surface area contributed by atoms with Crippen molar-refractivity contribution >= 4 is 38.3 Å². The monoisotopic (exact) mass is 312 g/mol. The van der Waals surface area contributed by atoms with E-state index in [-0.39, 0.29) is 11.2 Å². The van der Waals surface area contributed by atoms with E-state index >= 15 is 0 Å². The van der Waals surface area contributed by atoms with Crippen LogP contribution in [0.1, 0.15) is 0 Å². The summed E-state index contributed by atoms with van der Waals surface area (Å²) in [6, 6.07) is 8.19. The predicted molar refractivity (Wildman–Crippen MR) is 69.4 cm³/mol. The molecule has 0 unspecified atom stereocenters. The van der Waals surface area contributed by atoms with Crippen LogP contribution in [-0.2, 0) is 0 Å². The highest BCUT2D eigenvalue weighted by Gasteiger charge is 2.13. The molecule has 0 aliphatic rings. The van der Waals surface area contributed by atoms with Crippen LogP contribution >= 0.6 is 27.3 Å². The maximum Gasteiger partial charge on any atom is 0.331 e. The van der Waals surface area contributed by atoms with Gasteiger partial charge >= 0.3 is 5.69 Å². The van der Waals surface area contributed by atoms with E-state index in [4.69, 9.17) is 0 Å². The van der Waals surface area contributed by atoms with Gasteiger partial charge in [-0.15, -0.1) is 11.3 Å². The fraction of sp³-hybridized carbons (Fsp3) is 0. The standard InChI is InChI=1S/C11H6BrFN2OS/c12-8-4-5-9(17-8)15-10-6(13)2-1-3-7(10)14-11(15)16/h1-5H,(H,14,16). The fourth-order valence-corrected chi connectivity index (χ4v) is 3.12. The van der Waals surface area contributed by atoms with Crippen molar-refractivity contribution in [1.29, 1.82) is 0 Å². The van der Waals surface area contributed by atoms with E-state index in [2.05, 4.69) is 20.9 Å². The van der Waals surface area contributed by atoms with E-state index in [1.165, 1.54) is 22.0 Å². The van der Waals surface area contributed by atoms with Gasteiger partial charge in [-0.1, -0.05) is 6.07 Å². The Balaban J connectivity index is 2.43. The third kappa shape index (κ3) is 1.64. The Labute approximate surface area is 108 Å². The summed E-state index contributed by atoms with van der Waals surface area (Å²) in [7, 11) is 0. The predicted octanol–water partition coefficient (Wildman–Crippen LogP) is 3.28. The van der Waals surface area contributed by atoms with Gasteiger partial charge in [-0.2, -0.15) is 0 Å². The molecular weight excluding hydrogens is 307 g/mol. The second-order valence-corrected chi connectivity index (χ2v) is 5.92. The van der Waals surface area contributed by atoms with Crippen LogP contribution in [-0.4, -0.2) is 9.55 Å². The van der Waals surface area contributed by atoms with E-state index in [9.17, 15) is 9.18 Å². The Morgan fingerprint density at radius 3 is 2.82 bits per heavy atom. The molecule has 0 aliphatic carbocycles. The number of halogens is 2. The summed E-state index contributed by atoms with van der Waals surface area (Å²) < 4.78 is 16.0. The minimum absolute atomic E-state index is 0.284. The largest absolute Gasteiger partial charge is 0.331 e. The van der Waals surface area contributed by atoms with Crippen LogP contribution in [0.5, 0.6) is 0 Å². The number of fused-ring (bicyclic) bond motifs is 1. The Morgan fingerprint density at radius 1 is 1.29 bits per heavy atom. The number of aromatic amines is 1. The number of hydrogen-bond donors (Lipinski definition) is 1. The van der Waals surface area contributed by atoms with Crippen LogP contribution in [0.4, 0.5) is 4.39 Å². The van der Waals surface area contributed by atoms with Gasteiger partial charge in [-0.05, 0) is 40.2 Å². The molecule has 0 amide bonds. The third-order valence-electron chi connectivity index (χ3n) is 2.43. The first kappa shape index (κ1) is 10.7. The van der Waals surface area contributed by atoms with Gasteiger partial charge in [0.25, 0.3) is 0 Å². The molecule has 1 aromatic carbocycles. The van der Waals surface area contributed by atoms with E-state index in [1.54, 1.807) is 18.2 Å². The molecule has 0 radical (unpaired) electrons. The topological polar surface area (TPSA) is 37.8 Å². The van der Waals surface area contributed by atoms with Gasteiger partial charge in [0.05, 0.1) is 9.30 Å². The first-order valence-corrected chi connectivity index (χ1v) is 6.43. The van der Waals surface area contributed by atoms with Crippen LogP contribution in [0, 0.1) is 5.82 Å². The Kier molecular flexibility index (Phi) is 2.41. The summed E-state index contributed by atoms with van der Waals surface area (Å²) in [6.45, 7) is 0. The molecule has 2 aromatic heterocycles. The van der Waals surface area contributed by atoms with Crippen LogP contribution in [0.3, 0.4) is 0 Å². The van der Waals surface area contributed by atoms with E-state index in [1.807, 2.05) is 6.07 Å². The van der Waals surface area contributed by atoms with Crippen LogP contribution in [0.25, 0.3) is 16.0 Å². The minimum atomic E-state index is -0.412. The fourth-order valence-electron chi connectivity index (χ4n) is 1.75. The molecule has 1 N–H and O–H groups in total. The van der Waals surface area contributed by atoms with Gasteiger partial charge in [0.2, 0.25) is 0 Å². The molecule has 3 aromatic rings. The number of imidazole rings is 1. The highest BCUT2D eigenvalue weighted by Crippen LogP contribution is 2.27. The van der Waals surface area contributed by atoms with Crippen molar-refractivity contribution in [2.75, 3.05) is 0 Å². The maximum absolute atomic E-state index is 13.8. The quantitative estimate of drug-likeness (QED) is 0.735. The smallest absolute Gasteiger partial charge is 0.305 e. The molecule has 0 aliphatic heterocycles. The SMILES string of the molecule is O=c1[nH]c2cccc(F)c2n1-c1ccc(Br)s1. The molecular formula is C11H6BrFN2OS. The van der Waals surface area contributed by atoms with Crippen molar-refractivity contribution in [3.05, 3.63) is 50.4 Å². The molecule has 86 valence electrons. The molecule has 0 atom stereocenters. The van der Waals surface area contributed by atoms with Crippen LogP contribution in [0.2, 0.25) is 0 Å². The second kappa shape index (κ2) is 3.82. The van der Waals surface area contributed by atoms with Gasteiger partial charge in [0.15, 0.2) is 0 Å². The summed E-state index contributed by atoms with van der Waals surface area (Å²) >= 11 is 4.70. The van der Waals surface area contributed by atoms with Crippen molar-refractivity contribution in [3.63, 3.8) is 0 Å². The lowest BCUT2D eigenvalue weighted by Crippen LogP contribution is -2.13. The van der Waals surface area contributed by atoms with Gasteiger partial charge < -0.3 is 4.98 Å². The van der Waals surface area contributed by atoms with Crippen molar-refractivity contribution in [1.82, 2.24) is 9.55 Å².